The molecule has 0 radical (unpaired) electrons. The highest BCUT2D eigenvalue weighted by Gasteiger charge is 2.16. The monoisotopic (exact) mass is 350 g/mol. The third-order valence-electron chi connectivity index (χ3n) is 4.40. The minimum absolute atomic E-state index is 0.109. The molecule has 0 atom stereocenters. The Kier molecular flexibility index (Phi) is 5.61. The average molecular weight is 350 g/mol. The Labute approximate surface area is 153 Å². The van der Waals surface area contributed by atoms with Crippen LogP contribution < -0.4 is 0 Å². The molecule has 2 aromatic carbocycles. The van der Waals surface area contributed by atoms with Crippen molar-refractivity contribution in [1.29, 1.82) is 0 Å². The van der Waals surface area contributed by atoms with Gasteiger partial charge in [0.1, 0.15) is 5.82 Å². The number of carbonyl (C=O) groups excluding carboxylic acids is 1. The lowest BCUT2D eigenvalue weighted by Gasteiger charge is -2.21. The molecular formula is C22H23FN2O. The number of carbonyl (C=O) groups is 1. The summed E-state index contributed by atoms with van der Waals surface area (Å²) in [5.41, 5.74) is 2.54. The number of benzene rings is 2. The van der Waals surface area contributed by atoms with Gasteiger partial charge in [-0.05, 0) is 48.7 Å². The second-order valence-electron chi connectivity index (χ2n) is 6.40. The molecule has 0 unspecified atom stereocenters. The van der Waals surface area contributed by atoms with Gasteiger partial charge in [-0.3, -0.25) is 9.78 Å². The summed E-state index contributed by atoms with van der Waals surface area (Å²) in [7, 11) is 0. The normalized spacial score (nSPS) is 10.9. The van der Waals surface area contributed by atoms with Gasteiger partial charge in [-0.1, -0.05) is 32.0 Å². The van der Waals surface area contributed by atoms with Crippen LogP contribution in [-0.4, -0.2) is 28.9 Å². The molecule has 3 aromatic rings. The first-order chi connectivity index (χ1) is 12.6. The van der Waals surface area contributed by atoms with Crippen molar-refractivity contribution < 1.29 is 9.18 Å². The molecule has 0 bridgehead atoms. The lowest BCUT2D eigenvalue weighted by atomic mass is 10.0. The van der Waals surface area contributed by atoms with E-state index < -0.39 is 0 Å². The number of fused-ring (bicyclic) bond motifs is 1. The molecule has 134 valence electrons. The first-order valence-electron chi connectivity index (χ1n) is 9.08. The molecule has 0 aliphatic carbocycles. The Morgan fingerprint density at radius 2 is 1.81 bits per heavy atom. The van der Waals surface area contributed by atoms with E-state index in [9.17, 15) is 9.18 Å². The smallest absolute Gasteiger partial charge is 0.253 e. The van der Waals surface area contributed by atoms with Gasteiger partial charge in [0.15, 0.2) is 0 Å². The number of pyridine rings is 1. The van der Waals surface area contributed by atoms with E-state index in [1.807, 2.05) is 44.2 Å². The minimum atomic E-state index is -0.382. The molecule has 26 heavy (non-hydrogen) atoms. The lowest BCUT2D eigenvalue weighted by Crippen LogP contribution is -2.32. The first kappa shape index (κ1) is 18.1. The number of nitrogens with zero attached hydrogens (tertiary/aromatic N) is 2. The van der Waals surface area contributed by atoms with Crippen LogP contribution in [0.1, 0.15) is 37.0 Å². The van der Waals surface area contributed by atoms with Crippen molar-refractivity contribution in [3.8, 4) is 11.1 Å². The lowest BCUT2D eigenvalue weighted by molar-refractivity contribution is 0.0755. The first-order valence-corrected chi connectivity index (χ1v) is 9.08. The number of hydrogen-bond donors (Lipinski definition) is 0. The van der Waals surface area contributed by atoms with Gasteiger partial charge in [-0.2, -0.15) is 0 Å². The summed E-state index contributed by atoms with van der Waals surface area (Å²) < 4.78 is 14.7. The van der Waals surface area contributed by atoms with Crippen LogP contribution in [-0.2, 0) is 0 Å². The van der Waals surface area contributed by atoms with Crippen LogP contribution in [0.3, 0.4) is 0 Å². The van der Waals surface area contributed by atoms with Gasteiger partial charge in [0.2, 0.25) is 0 Å². The molecule has 3 nitrogen and oxygen atoms in total. The maximum absolute atomic E-state index is 14.7. The van der Waals surface area contributed by atoms with Crippen molar-refractivity contribution in [2.45, 2.75) is 26.7 Å². The van der Waals surface area contributed by atoms with E-state index in [1.54, 1.807) is 23.2 Å². The number of rotatable bonds is 6. The summed E-state index contributed by atoms with van der Waals surface area (Å²) in [4.78, 5) is 18.7. The largest absolute Gasteiger partial charge is 0.339 e. The van der Waals surface area contributed by atoms with Gasteiger partial charge in [0.05, 0.1) is 5.52 Å². The van der Waals surface area contributed by atoms with Crippen LogP contribution in [0.4, 0.5) is 4.39 Å². The molecule has 0 saturated carbocycles. The third kappa shape index (κ3) is 3.74. The SMILES string of the molecule is CCCN(CCC)C(=O)c1ccc(-c2ccc3ncccc3c2)c(F)c1. The average Bonchev–Trinajstić information content (AvgIpc) is 2.67. The van der Waals surface area contributed by atoms with E-state index in [4.69, 9.17) is 0 Å². The van der Waals surface area contributed by atoms with Crippen molar-refractivity contribution in [3.63, 3.8) is 0 Å². The Balaban J connectivity index is 1.92. The van der Waals surface area contributed by atoms with Crippen molar-refractivity contribution in [2.75, 3.05) is 13.1 Å². The van der Waals surface area contributed by atoms with Gasteiger partial charge >= 0.3 is 0 Å². The molecule has 4 heteroatoms. The molecular weight excluding hydrogens is 327 g/mol. The van der Waals surface area contributed by atoms with Crippen LogP contribution in [0.2, 0.25) is 0 Å². The van der Waals surface area contributed by atoms with E-state index in [2.05, 4.69) is 4.98 Å². The quantitative estimate of drug-likeness (QED) is 0.604. The van der Waals surface area contributed by atoms with Crippen molar-refractivity contribution in [2.24, 2.45) is 0 Å². The number of amides is 1. The fourth-order valence-corrected chi connectivity index (χ4v) is 3.16. The Morgan fingerprint density at radius 1 is 1.04 bits per heavy atom. The fraction of sp³-hybridized carbons (Fsp3) is 0.273. The molecule has 1 aromatic heterocycles. The van der Waals surface area contributed by atoms with Gasteiger partial charge in [-0.25, -0.2) is 4.39 Å². The highest BCUT2D eigenvalue weighted by Crippen LogP contribution is 2.27. The number of hydrogen-bond acceptors (Lipinski definition) is 2. The van der Waals surface area contributed by atoms with E-state index in [0.29, 0.717) is 24.2 Å². The molecule has 0 saturated heterocycles. The van der Waals surface area contributed by atoms with E-state index in [-0.39, 0.29) is 11.7 Å². The van der Waals surface area contributed by atoms with Crippen LogP contribution in [0.25, 0.3) is 22.0 Å². The van der Waals surface area contributed by atoms with Crippen molar-refractivity contribution >= 4 is 16.8 Å². The maximum Gasteiger partial charge on any atom is 0.253 e. The zero-order chi connectivity index (χ0) is 18.5. The summed E-state index contributed by atoms with van der Waals surface area (Å²) in [5, 5.41) is 0.960. The Hall–Kier alpha value is -2.75. The van der Waals surface area contributed by atoms with Crippen molar-refractivity contribution in [1.82, 2.24) is 9.88 Å². The Bertz CT molecular complexity index is 917. The highest BCUT2D eigenvalue weighted by molar-refractivity contribution is 5.95. The summed E-state index contributed by atoms with van der Waals surface area (Å²) in [6, 6.07) is 14.2. The van der Waals surface area contributed by atoms with Crippen LogP contribution in [0.5, 0.6) is 0 Å². The fourth-order valence-electron chi connectivity index (χ4n) is 3.16. The van der Waals surface area contributed by atoms with Gasteiger partial charge in [0.25, 0.3) is 5.91 Å². The number of halogens is 1. The standard InChI is InChI=1S/C22H23FN2O/c1-3-12-25(13-4-2)22(26)18-7-9-19(20(23)15-18)16-8-10-21-17(14-16)6-5-11-24-21/h5-11,14-15H,3-4,12-13H2,1-2H3. The summed E-state index contributed by atoms with van der Waals surface area (Å²) in [6.45, 7) is 5.45. The minimum Gasteiger partial charge on any atom is -0.339 e. The Morgan fingerprint density at radius 3 is 2.50 bits per heavy atom. The second kappa shape index (κ2) is 8.09. The molecule has 0 spiro atoms. The molecule has 3 rings (SSSR count). The van der Waals surface area contributed by atoms with Gasteiger partial charge in [-0.15, -0.1) is 0 Å². The van der Waals surface area contributed by atoms with E-state index in [1.165, 1.54) is 6.07 Å². The maximum atomic E-state index is 14.7. The van der Waals surface area contributed by atoms with Crippen LogP contribution in [0.15, 0.2) is 54.7 Å². The second-order valence-corrected chi connectivity index (χ2v) is 6.40. The van der Waals surface area contributed by atoms with Gasteiger partial charge < -0.3 is 4.90 Å². The molecule has 1 amide bonds. The molecule has 0 aliphatic heterocycles. The molecule has 0 N–H and O–H groups in total. The molecule has 1 heterocycles. The zero-order valence-electron chi connectivity index (χ0n) is 15.2. The van der Waals surface area contributed by atoms with Crippen LogP contribution >= 0.6 is 0 Å². The van der Waals surface area contributed by atoms with E-state index in [0.717, 1.165) is 29.3 Å². The predicted octanol–water partition coefficient (Wildman–Crippen LogP) is 5.30. The van der Waals surface area contributed by atoms with Crippen LogP contribution in [0, 0.1) is 5.82 Å². The van der Waals surface area contributed by atoms with Crippen molar-refractivity contribution in [3.05, 3.63) is 66.1 Å². The molecule has 0 aliphatic rings. The molecule has 0 fully saturated rings. The zero-order valence-corrected chi connectivity index (χ0v) is 15.2. The third-order valence-corrected chi connectivity index (χ3v) is 4.40. The van der Waals surface area contributed by atoms with E-state index >= 15 is 0 Å². The number of aromatic nitrogens is 1. The summed E-state index contributed by atoms with van der Waals surface area (Å²) >= 11 is 0. The summed E-state index contributed by atoms with van der Waals surface area (Å²) in [5.74, 6) is -0.492. The topological polar surface area (TPSA) is 33.2 Å². The highest BCUT2D eigenvalue weighted by atomic mass is 19.1. The van der Waals surface area contributed by atoms with Gasteiger partial charge in [0, 0.05) is 35.8 Å². The summed E-state index contributed by atoms with van der Waals surface area (Å²) in [6.07, 6.45) is 3.51. The predicted molar refractivity (Wildman–Crippen MR) is 104 cm³/mol.